The number of carbonyl (C=O) groups excluding carboxylic acids is 1. The van der Waals surface area contributed by atoms with Crippen molar-refractivity contribution in [2.45, 2.75) is 25.4 Å². The third kappa shape index (κ3) is 2.93. The van der Waals surface area contributed by atoms with E-state index < -0.39 is 0 Å². The number of nitriles is 1. The Balaban J connectivity index is 1.81. The molecular formula is C13H19N5O. The van der Waals surface area contributed by atoms with Gasteiger partial charge in [0.25, 0.3) is 0 Å². The molecule has 1 aromatic rings. The Morgan fingerprint density at radius 1 is 1.63 bits per heavy atom. The van der Waals surface area contributed by atoms with E-state index in [0.717, 1.165) is 13.1 Å². The Bertz CT molecular complexity index is 458. The van der Waals surface area contributed by atoms with E-state index in [9.17, 15) is 4.79 Å². The quantitative estimate of drug-likeness (QED) is 0.774. The molecule has 1 aliphatic heterocycles. The van der Waals surface area contributed by atoms with E-state index in [1.807, 2.05) is 23.9 Å². The van der Waals surface area contributed by atoms with Gasteiger partial charge in [-0.25, -0.2) is 0 Å². The standard InChI is InChI=1S/C13H19N5O/c1-11(13(19)16(2)7-3-5-14)17-9-12(10-17)18-8-4-6-15-18/h4,6,8,11-12H,3,7,9-10H2,1-2H3. The number of carbonyl (C=O) groups is 1. The molecule has 1 fully saturated rings. The van der Waals surface area contributed by atoms with Crippen LogP contribution in [0.3, 0.4) is 0 Å². The summed E-state index contributed by atoms with van der Waals surface area (Å²) in [6, 6.07) is 4.21. The molecule has 0 spiro atoms. The number of likely N-dealkylation sites (N-methyl/N-ethyl adjacent to an activating group) is 1. The van der Waals surface area contributed by atoms with Gasteiger partial charge in [-0.2, -0.15) is 10.4 Å². The molecule has 1 unspecified atom stereocenters. The summed E-state index contributed by atoms with van der Waals surface area (Å²) in [5.41, 5.74) is 0. The van der Waals surface area contributed by atoms with Crippen molar-refractivity contribution in [1.82, 2.24) is 19.6 Å². The first-order valence-corrected chi connectivity index (χ1v) is 6.48. The average Bonchev–Trinajstić information content (AvgIpc) is 2.86. The molecule has 102 valence electrons. The van der Waals surface area contributed by atoms with E-state index in [0.29, 0.717) is 19.0 Å². The number of aromatic nitrogens is 2. The molecule has 0 aliphatic carbocycles. The molecule has 0 radical (unpaired) electrons. The molecule has 1 saturated heterocycles. The van der Waals surface area contributed by atoms with Gasteiger partial charge < -0.3 is 4.90 Å². The molecule has 1 aromatic heterocycles. The summed E-state index contributed by atoms with van der Waals surface area (Å²) < 4.78 is 1.94. The molecule has 1 atom stereocenters. The lowest BCUT2D eigenvalue weighted by atomic mass is 10.1. The molecule has 6 nitrogen and oxygen atoms in total. The molecule has 0 aromatic carbocycles. The molecule has 19 heavy (non-hydrogen) atoms. The highest BCUT2D eigenvalue weighted by atomic mass is 16.2. The minimum atomic E-state index is -0.129. The van der Waals surface area contributed by atoms with Crippen molar-refractivity contribution in [2.75, 3.05) is 26.7 Å². The van der Waals surface area contributed by atoms with Crippen molar-refractivity contribution in [2.24, 2.45) is 0 Å². The summed E-state index contributed by atoms with van der Waals surface area (Å²) in [6.45, 7) is 4.11. The lowest BCUT2D eigenvalue weighted by Crippen LogP contribution is -2.56. The fourth-order valence-corrected chi connectivity index (χ4v) is 2.27. The van der Waals surface area contributed by atoms with Crippen molar-refractivity contribution in [3.8, 4) is 6.07 Å². The normalized spacial score (nSPS) is 17.5. The first-order valence-electron chi connectivity index (χ1n) is 6.48. The first-order chi connectivity index (χ1) is 9.13. The number of amides is 1. The SMILES string of the molecule is CC(C(=O)N(C)CCC#N)N1CC(n2cccn2)C1. The largest absolute Gasteiger partial charge is 0.343 e. The maximum Gasteiger partial charge on any atom is 0.239 e. The molecule has 2 rings (SSSR count). The predicted octanol–water partition coefficient (Wildman–Crippen LogP) is 0.500. The highest BCUT2D eigenvalue weighted by molar-refractivity contribution is 5.81. The van der Waals surface area contributed by atoms with Crippen molar-refractivity contribution in [3.63, 3.8) is 0 Å². The van der Waals surface area contributed by atoms with Gasteiger partial charge in [-0.15, -0.1) is 0 Å². The van der Waals surface area contributed by atoms with Gasteiger partial charge in [0.15, 0.2) is 0 Å². The molecule has 1 amide bonds. The van der Waals surface area contributed by atoms with E-state index in [1.54, 1.807) is 18.1 Å². The van der Waals surface area contributed by atoms with Gasteiger partial charge in [-0.3, -0.25) is 14.4 Å². The Morgan fingerprint density at radius 2 is 2.37 bits per heavy atom. The fourth-order valence-electron chi connectivity index (χ4n) is 2.27. The van der Waals surface area contributed by atoms with Crippen LogP contribution in [0.1, 0.15) is 19.4 Å². The van der Waals surface area contributed by atoms with Gasteiger partial charge in [0, 0.05) is 39.1 Å². The number of nitrogens with zero attached hydrogens (tertiary/aromatic N) is 5. The molecule has 0 bridgehead atoms. The minimum Gasteiger partial charge on any atom is -0.343 e. The molecule has 2 heterocycles. The second-order valence-electron chi connectivity index (χ2n) is 4.94. The van der Waals surface area contributed by atoms with Crippen molar-refractivity contribution in [1.29, 1.82) is 5.26 Å². The zero-order valence-electron chi connectivity index (χ0n) is 11.4. The number of likely N-dealkylation sites (tertiary alicyclic amines) is 1. The summed E-state index contributed by atoms with van der Waals surface area (Å²) >= 11 is 0. The molecular weight excluding hydrogens is 242 g/mol. The van der Waals surface area contributed by atoms with Crippen LogP contribution in [0.5, 0.6) is 0 Å². The lowest BCUT2D eigenvalue weighted by Gasteiger charge is -2.43. The maximum atomic E-state index is 12.1. The van der Waals surface area contributed by atoms with Crippen LogP contribution >= 0.6 is 0 Å². The maximum absolute atomic E-state index is 12.1. The van der Waals surface area contributed by atoms with Crippen LogP contribution in [-0.2, 0) is 4.79 Å². The van der Waals surface area contributed by atoms with Crippen molar-refractivity contribution < 1.29 is 4.79 Å². The van der Waals surface area contributed by atoms with E-state index in [-0.39, 0.29) is 11.9 Å². The van der Waals surface area contributed by atoms with E-state index in [2.05, 4.69) is 16.1 Å². The van der Waals surface area contributed by atoms with Gasteiger partial charge in [-0.1, -0.05) is 0 Å². The molecule has 0 N–H and O–H groups in total. The lowest BCUT2D eigenvalue weighted by molar-refractivity contribution is -0.137. The van der Waals surface area contributed by atoms with Crippen LogP contribution in [0.2, 0.25) is 0 Å². The van der Waals surface area contributed by atoms with Crippen LogP contribution in [0.25, 0.3) is 0 Å². The second-order valence-corrected chi connectivity index (χ2v) is 4.94. The third-order valence-corrected chi connectivity index (χ3v) is 3.63. The zero-order valence-corrected chi connectivity index (χ0v) is 11.4. The highest BCUT2D eigenvalue weighted by Crippen LogP contribution is 2.23. The number of hydrogen-bond acceptors (Lipinski definition) is 4. The summed E-state index contributed by atoms with van der Waals surface area (Å²) in [5.74, 6) is 0.0779. The smallest absolute Gasteiger partial charge is 0.239 e. The summed E-state index contributed by atoms with van der Waals surface area (Å²) in [4.78, 5) is 15.9. The average molecular weight is 261 g/mol. The van der Waals surface area contributed by atoms with E-state index >= 15 is 0 Å². The Hall–Kier alpha value is -1.87. The van der Waals surface area contributed by atoms with Crippen LogP contribution in [0, 0.1) is 11.3 Å². The highest BCUT2D eigenvalue weighted by Gasteiger charge is 2.35. The summed E-state index contributed by atoms with van der Waals surface area (Å²) in [6.07, 6.45) is 4.10. The monoisotopic (exact) mass is 261 g/mol. The summed E-state index contributed by atoms with van der Waals surface area (Å²) in [7, 11) is 1.75. The van der Waals surface area contributed by atoms with Gasteiger partial charge in [0.05, 0.1) is 24.6 Å². The molecule has 1 aliphatic rings. The third-order valence-electron chi connectivity index (χ3n) is 3.63. The fraction of sp³-hybridized carbons (Fsp3) is 0.615. The van der Waals surface area contributed by atoms with Crippen LogP contribution in [0.4, 0.5) is 0 Å². The predicted molar refractivity (Wildman–Crippen MR) is 70.2 cm³/mol. The molecule has 6 heteroatoms. The van der Waals surface area contributed by atoms with E-state index in [1.165, 1.54) is 0 Å². The van der Waals surface area contributed by atoms with Crippen molar-refractivity contribution >= 4 is 5.91 Å². The topological polar surface area (TPSA) is 65.2 Å². The van der Waals surface area contributed by atoms with E-state index in [4.69, 9.17) is 5.26 Å². The van der Waals surface area contributed by atoms with Gasteiger partial charge in [0.1, 0.15) is 0 Å². The Kier molecular flexibility index (Phi) is 4.17. The van der Waals surface area contributed by atoms with Gasteiger partial charge in [0.2, 0.25) is 5.91 Å². The van der Waals surface area contributed by atoms with Crippen LogP contribution < -0.4 is 0 Å². The zero-order chi connectivity index (χ0) is 13.8. The van der Waals surface area contributed by atoms with Gasteiger partial charge >= 0.3 is 0 Å². The summed E-state index contributed by atoms with van der Waals surface area (Å²) in [5, 5.41) is 12.7. The molecule has 0 saturated carbocycles. The Morgan fingerprint density at radius 3 is 2.95 bits per heavy atom. The van der Waals surface area contributed by atoms with Crippen LogP contribution in [-0.4, -0.2) is 58.2 Å². The number of hydrogen-bond donors (Lipinski definition) is 0. The van der Waals surface area contributed by atoms with Crippen LogP contribution in [0.15, 0.2) is 18.5 Å². The van der Waals surface area contributed by atoms with Gasteiger partial charge in [-0.05, 0) is 13.0 Å². The first kappa shape index (κ1) is 13.6. The Labute approximate surface area is 113 Å². The second kappa shape index (κ2) is 5.85. The number of rotatable bonds is 5. The van der Waals surface area contributed by atoms with Crippen molar-refractivity contribution in [3.05, 3.63) is 18.5 Å². The minimum absolute atomic E-state index is 0.0779.